The highest BCUT2D eigenvalue weighted by atomic mass is 32.1. The molecule has 5 aromatic rings. The highest BCUT2D eigenvalue weighted by molar-refractivity contribution is 7.22. The van der Waals surface area contributed by atoms with E-state index in [0.29, 0.717) is 41.4 Å². The van der Waals surface area contributed by atoms with E-state index in [1.54, 1.807) is 31.4 Å². The van der Waals surface area contributed by atoms with Crippen LogP contribution in [0, 0.1) is 11.6 Å². The number of amides is 2. The van der Waals surface area contributed by atoms with Crippen molar-refractivity contribution in [1.29, 1.82) is 0 Å². The molecule has 0 aliphatic carbocycles. The van der Waals surface area contributed by atoms with Crippen LogP contribution in [0.5, 0.6) is 0 Å². The molecular formula is C33H34F2N6O5S. The van der Waals surface area contributed by atoms with E-state index in [1.165, 1.54) is 40.6 Å². The van der Waals surface area contributed by atoms with Crippen LogP contribution in [-0.2, 0) is 24.9 Å². The minimum Gasteiger partial charge on any atom is -0.383 e. The van der Waals surface area contributed by atoms with Gasteiger partial charge in [0.1, 0.15) is 16.5 Å². The van der Waals surface area contributed by atoms with Crippen molar-refractivity contribution in [3.05, 3.63) is 115 Å². The summed E-state index contributed by atoms with van der Waals surface area (Å²) >= 11 is 1.16. The number of carbonyl (C=O) groups excluding carboxylic acids is 1. The minimum absolute atomic E-state index is 0.124. The molecule has 2 amide bonds. The second-order valence-corrected chi connectivity index (χ2v) is 11.9. The van der Waals surface area contributed by atoms with E-state index in [1.807, 2.05) is 18.9 Å². The molecule has 0 bridgehead atoms. The fourth-order valence-electron chi connectivity index (χ4n) is 5.21. The molecule has 0 aliphatic rings. The summed E-state index contributed by atoms with van der Waals surface area (Å²) in [6, 6.07) is 12.7. The molecule has 0 atom stereocenters. The van der Waals surface area contributed by atoms with Crippen molar-refractivity contribution >= 4 is 33.3 Å². The molecule has 2 N–H and O–H groups in total. The number of nitrogens with zero attached hydrogens (tertiary/aromatic N) is 4. The molecule has 11 nitrogen and oxygen atoms in total. The van der Waals surface area contributed by atoms with Gasteiger partial charge in [0.15, 0.2) is 0 Å². The molecule has 0 fully saturated rings. The number of methoxy groups -OCH3 is 1. The highest BCUT2D eigenvalue weighted by Crippen LogP contribution is 2.38. The molecule has 2 aromatic carbocycles. The summed E-state index contributed by atoms with van der Waals surface area (Å²) < 4.78 is 38.6. The normalized spacial score (nSPS) is 11.4. The molecule has 0 unspecified atom stereocenters. The molecule has 0 saturated heterocycles. The topological polar surface area (TPSA) is 120 Å². The zero-order chi connectivity index (χ0) is 33.8. The molecule has 0 saturated carbocycles. The molecule has 5 rings (SSSR count). The van der Waals surface area contributed by atoms with Gasteiger partial charge >= 0.3 is 11.7 Å². The molecule has 0 spiro atoms. The maximum absolute atomic E-state index is 15.0. The van der Waals surface area contributed by atoms with Crippen molar-refractivity contribution in [2.75, 3.05) is 39.2 Å². The van der Waals surface area contributed by atoms with E-state index in [4.69, 9.17) is 4.74 Å². The first-order valence-electron chi connectivity index (χ1n) is 14.8. The summed E-state index contributed by atoms with van der Waals surface area (Å²) in [5.74, 6) is -1.67. The molecule has 246 valence electrons. The van der Waals surface area contributed by atoms with Gasteiger partial charge in [-0.1, -0.05) is 18.2 Å². The monoisotopic (exact) mass is 664 g/mol. The van der Waals surface area contributed by atoms with Crippen LogP contribution in [-0.4, -0.2) is 58.5 Å². The number of ether oxygens (including phenoxy) is 1. The molecule has 47 heavy (non-hydrogen) atoms. The minimum atomic E-state index is -0.837. The van der Waals surface area contributed by atoms with Crippen LogP contribution < -0.4 is 27.4 Å². The van der Waals surface area contributed by atoms with Crippen LogP contribution in [0.2, 0.25) is 0 Å². The lowest BCUT2D eigenvalue weighted by Gasteiger charge is -2.18. The van der Waals surface area contributed by atoms with Crippen molar-refractivity contribution in [3.8, 4) is 16.1 Å². The Morgan fingerprint density at radius 2 is 1.70 bits per heavy atom. The molecule has 14 heteroatoms. The van der Waals surface area contributed by atoms with Crippen LogP contribution in [0.4, 0.5) is 19.3 Å². The second-order valence-electron chi connectivity index (χ2n) is 10.9. The number of hydrogen-bond donors (Lipinski definition) is 2. The van der Waals surface area contributed by atoms with Crippen molar-refractivity contribution in [3.63, 3.8) is 0 Å². The zero-order valence-corrected chi connectivity index (χ0v) is 27.1. The van der Waals surface area contributed by atoms with E-state index in [0.717, 1.165) is 28.0 Å². The number of fused-ring (bicyclic) bond motifs is 1. The number of anilines is 1. The predicted molar refractivity (Wildman–Crippen MR) is 179 cm³/mol. The van der Waals surface area contributed by atoms with Gasteiger partial charge in [0.05, 0.1) is 24.2 Å². The number of aryl methyl sites for hydroxylation is 1. The summed E-state index contributed by atoms with van der Waals surface area (Å²) in [7, 11) is 4.94. The molecule has 3 heterocycles. The van der Waals surface area contributed by atoms with Gasteiger partial charge in [-0.2, -0.15) is 0 Å². The summed E-state index contributed by atoms with van der Waals surface area (Å²) in [6.45, 7) is 3.00. The molecule has 0 radical (unpaired) electrons. The molecule has 3 aromatic heterocycles. The first kappa shape index (κ1) is 33.4. The number of carbonyl (C=O) groups is 1. The Morgan fingerprint density at radius 1 is 1.00 bits per heavy atom. The van der Waals surface area contributed by atoms with Gasteiger partial charge in [-0.25, -0.2) is 22.9 Å². The average molecular weight is 665 g/mol. The molecule has 0 aliphatic heterocycles. The number of hydrogen-bond acceptors (Lipinski definition) is 7. The second kappa shape index (κ2) is 14.2. The van der Waals surface area contributed by atoms with E-state index in [-0.39, 0.29) is 39.6 Å². The van der Waals surface area contributed by atoms with Gasteiger partial charge in [-0.05, 0) is 55.4 Å². The van der Waals surface area contributed by atoms with Crippen molar-refractivity contribution in [2.45, 2.75) is 20.0 Å². The Bertz CT molecular complexity index is 2100. The van der Waals surface area contributed by atoms with E-state index in [2.05, 4.69) is 10.6 Å². The van der Waals surface area contributed by atoms with Gasteiger partial charge in [-0.15, -0.1) is 11.3 Å². The highest BCUT2D eigenvalue weighted by Gasteiger charge is 2.26. The maximum atomic E-state index is 15.0. The number of nitrogens with one attached hydrogen (secondary N) is 2. The van der Waals surface area contributed by atoms with Crippen LogP contribution in [0.1, 0.15) is 18.1 Å². The third-order valence-electron chi connectivity index (χ3n) is 7.63. The van der Waals surface area contributed by atoms with Crippen LogP contribution >= 0.6 is 11.3 Å². The van der Waals surface area contributed by atoms with Gasteiger partial charge < -0.3 is 19.9 Å². The lowest BCUT2D eigenvalue weighted by Crippen LogP contribution is -2.40. The van der Waals surface area contributed by atoms with Gasteiger partial charge in [0.25, 0.3) is 5.56 Å². The number of likely N-dealkylation sites (N-methyl/N-ethyl adjacent to an activating group) is 1. The number of benzene rings is 2. The number of urea groups is 1. The maximum Gasteiger partial charge on any atom is 0.337 e. The fourth-order valence-corrected chi connectivity index (χ4v) is 6.51. The van der Waals surface area contributed by atoms with Crippen LogP contribution in [0.15, 0.2) is 75.2 Å². The van der Waals surface area contributed by atoms with Crippen molar-refractivity contribution in [2.24, 2.45) is 7.05 Å². The third-order valence-corrected chi connectivity index (χ3v) is 8.93. The summed E-state index contributed by atoms with van der Waals surface area (Å²) in [5, 5.41) is 5.62. The van der Waals surface area contributed by atoms with Crippen LogP contribution in [0.25, 0.3) is 26.3 Å². The largest absolute Gasteiger partial charge is 0.383 e. The fraction of sp³-hybridized carbons (Fsp3) is 0.273. The van der Waals surface area contributed by atoms with Crippen LogP contribution in [0.3, 0.4) is 0 Å². The lowest BCUT2D eigenvalue weighted by molar-refractivity contribution is 0.159. The van der Waals surface area contributed by atoms with Gasteiger partial charge in [-0.3, -0.25) is 19.1 Å². The summed E-state index contributed by atoms with van der Waals surface area (Å²) in [6.07, 6.45) is 1.36. The third kappa shape index (κ3) is 6.94. The SMILES string of the molecule is CCNC(=O)Nc1ccc(-c2sc3c(c2CN(C)CCOC)c(=O)n(-c2ccc(=O)n(C)c2)c(=O)n3Cc2c(F)cccc2F)cc1. The number of halogens is 2. The quantitative estimate of drug-likeness (QED) is 0.219. The molecular weight excluding hydrogens is 630 g/mol. The van der Waals surface area contributed by atoms with E-state index in [9.17, 15) is 28.0 Å². The van der Waals surface area contributed by atoms with Gasteiger partial charge in [0.2, 0.25) is 5.56 Å². The first-order chi connectivity index (χ1) is 22.5. The zero-order valence-electron chi connectivity index (χ0n) is 26.3. The Kier molecular flexibility index (Phi) is 10.1. The number of thiophene rings is 1. The number of pyridine rings is 1. The number of aromatic nitrogens is 3. The standard InChI is InChI=1S/C33H34F2N6O5S/c1-5-36-32(44)37-21-11-9-20(10-12-21)29-24(18-38(2)15-16-46-4)28-30(43)41(22-13-14-27(42)39(3)17-22)33(45)40(31(28)47-29)19-23-25(34)7-6-8-26(23)35/h6-14,17H,5,15-16,18-19H2,1-4H3,(H2,36,37,44). The van der Waals surface area contributed by atoms with Crippen molar-refractivity contribution in [1.82, 2.24) is 23.9 Å². The van der Waals surface area contributed by atoms with Crippen molar-refractivity contribution < 1.29 is 18.3 Å². The van der Waals surface area contributed by atoms with E-state index < -0.39 is 29.4 Å². The Hall–Kier alpha value is -4.92. The Labute approximate surface area is 272 Å². The predicted octanol–water partition coefficient (Wildman–Crippen LogP) is 4.13. The summed E-state index contributed by atoms with van der Waals surface area (Å²) in [4.78, 5) is 55.7. The average Bonchev–Trinajstić information content (AvgIpc) is 3.40. The lowest BCUT2D eigenvalue weighted by atomic mass is 10.1. The smallest absolute Gasteiger partial charge is 0.337 e. The first-order valence-corrected chi connectivity index (χ1v) is 15.6. The van der Waals surface area contributed by atoms with E-state index >= 15 is 0 Å². The summed E-state index contributed by atoms with van der Waals surface area (Å²) in [5.41, 5.74) is -0.177. The van der Waals surface area contributed by atoms with Gasteiger partial charge in [0, 0.05) is 62.2 Å². The Balaban J connectivity index is 1.81. The Morgan fingerprint density at radius 3 is 2.34 bits per heavy atom. The number of rotatable bonds is 11.